The quantitative estimate of drug-likeness (QED) is 0.250. The molecular formula is H2CuO6S2. The Kier molecular flexibility index (Phi) is 20.1. The fourth-order valence-electron chi connectivity index (χ4n) is 0. The molecule has 0 aliphatic rings. The molecule has 9 heavy (non-hydrogen) atoms. The molecule has 0 spiro atoms. The van der Waals surface area contributed by atoms with Gasteiger partial charge in [0.1, 0.15) is 0 Å². The van der Waals surface area contributed by atoms with E-state index in [9.17, 15) is 0 Å². The molecule has 2 N–H and O–H groups in total. The van der Waals surface area contributed by atoms with Crippen molar-refractivity contribution < 1.29 is 43.0 Å². The van der Waals surface area contributed by atoms with Gasteiger partial charge in [0.25, 0.3) is 0 Å². The number of rotatable bonds is 0. The van der Waals surface area contributed by atoms with Crippen molar-refractivity contribution >= 4 is 22.0 Å². The average molecular weight is 226 g/mol. The van der Waals surface area contributed by atoms with E-state index in [1.54, 1.807) is 0 Å². The normalized spacial score (nSPS) is 7.56. The molecule has 0 amide bonds. The predicted molar refractivity (Wildman–Crippen MR) is 22.7 cm³/mol. The van der Waals surface area contributed by atoms with Crippen molar-refractivity contribution in [3.63, 3.8) is 0 Å². The van der Waals surface area contributed by atoms with Crippen LogP contribution in [0.25, 0.3) is 0 Å². The summed E-state index contributed by atoms with van der Waals surface area (Å²) in [6, 6.07) is 0. The third kappa shape index (κ3) is 2910. The molecule has 0 aromatic carbocycles. The van der Waals surface area contributed by atoms with E-state index in [-0.39, 0.29) is 17.1 Å². The van der Waals surface area contributed by atoms with Crippen LogP contribution in [-0.2, 0) is 55.9 Å². The smallest absolute Gasteiger partial charge is 0.439 e. The van der Waals surface area contributed by atoms with Gasteiger partial charge in [-0.15, -0.1) is 0 Å². The Morgan fingerprint density at radius 3 is 0.778 bits per heavy atom. The summed E-state index contributed by atoms with van der Waals surface area (Å²) >= 11 is 0. The average Bonchev–Trinajstić information content (AvgIpc) is 1.25. The second-order valence-electron chi connectivity index (χ2n) is 0.434. The van der Waals surface area contributed by atoms with E-state index < -0.39 is 22.0 Å². The Balaban J connectivity index is -0.0000000720. The van der Waals surface area contributed by atoms with Crippen LogP contribution in [0.1, 0.15) is 0 Å². The van der Waals surface area contributed by atoms with Crippen molar-refractivity contribution in [2.45, 2.75) is 0 Å². The van der Waals surface area contributed by atoms with Crippen molar-refractivity contribution in [3.8, 4) is 0 Å². The maximum absolute atomic E-state index is 8.56. The first-order valence-corrected chi connectivity index (χ1v) is 3.10. The molecule has 0 aliphatic carbocycles. The zero-order valence-corrected chi connectivity index (χ0v) is 6.22. The van der Waals surface area contributed by atoms with Crippen LogP contribution in [0.2, 0.25) is 0 Å². The summed E-state index contributed by atoms with van der Waals surface area (Å²) in [6.45, 7) is 0. The van der Waals surface area contributed by atoms with Crippen molar-refractivity contribution in [1.29, 1.82) is 0 Å². The van der Waals surface area contributed by atoms with Gasteiger partial charge < -0.3 is 25.9 Å². The Morgan fingerprint density at radius 2 is 0.778 bits per heavy atom. The predicted octanol–water partition coefficient (Wildman–Crippen LogP) is -0.465. The van der Waals surface area contributed by atoms with Gasteiger partial charge in [0.2, 0.25) is 0 Å². The van der Waals surface area contributed by atoms with E-state index >= 15 is 0 Å². The minimum Gasteiger partial charge on any atom is -0.439 e. The topological polar surface area (TPSA) is 109 Å². The van der Waals surface area contributed by atoms with Gasteiger partial charge >= 0.3 is 17.1 Å². The zero-order valence-electron chi connectivity index (χ0n) is 3.65. The zero-order chi connectivity index (χ0) is 7.15. The molecule has 0 bridgehead atoms. The fourth-order valence-corrected chi connectivity index (χ4v) is 0. The van der Waals surface area contributed by atoms with Crippen LogP contribution in [0.4, 0.5) is 0 Å². The summed E-state index contributed by atoms with van der Waals surface area (Å²) in [4.78, 5) is 0. The first-order valence-electron chi connectivity index (χ1n) is 1.03. The molecule has 0 rings (SSSR count). The fraction of sp³-hybridized carbons (Fsp3) is 0. The molecular weight excluding hydrogens is 224 g/mol. The van der Waals surface area contributed by atoms with Crippen molar-refractivity contribution in [2.75, 3.05) is 0 Å². The molecule has 0 atom stereocenters. The van der Waals surface area contributed by atoms with Gasteiger partial charge in [0, 0.05) is 22.0 Å². The Hall–Kier alpha value is 0.339. The number of hydrogen-bond acceptors (Lipinski definition) is 6. The van der Waals surface area contributed by atoms with Crippen LogP contribution < -0.4 is 0 Å². The van der Waals surface area contributed by atoms with Gasteiger partial charge in [-0.25, -0.2) is 0 Å². The molecule has 0 unspecified atom stereocenters. The van der Waals surface area contributed by atoms with Gasteiger partial charge in [0.15, 0.2) is 0 Å². The van der Waals surface area contributed by atoms with Crippen LogP contribution in [0.5, 0.6) is 0 Å². The van der Waals surface area contributed by atoms with Crippen molar-refractivity contribution in [3.05, 3.63) is 0 Å². The van der Waals surface area contributed by atoms with Crippen LogP contribution >= 0.6 is 0 Å². The summed E-state index contributed by atoms with van der Waals surface area (Å²) in [5.41, 5.74) is 0. The molecule has 61 valence electrons. The second-order valence-corrected chi connectivity index (χ2v) is 1.30. The second kappa shape index (κ2) is 11.2. The van der Waals surface area contributed by atoms with E-state index in [0.29, 0.717) is 0 Å². The molecule has 0 aromatic heterocycles. The SMILES string of the molecule is O=[S-](=O)O.O=[S-](=O)O.[Cu+2]. The minimum atomic E-state index is -2.86. The molecule has 6 nitrogen and oxygen atoms in total. The number of hydrogen-bond donors (Lipinski definition) is 2. The minimum absolute atomic E-state index is 0. The van der Waals surface area contributed by atoms with E-state index in [0.717, 1.165) is 0 Å². The van der Waals surface area contributed by atoms with E-state index in [1.165, 1.54) is 0 Å². The first-order chi connectivity index (χ1) is 3.46. The molecule has 9 heteroatoms. The monoisotopic (exact) mass is 225 g/mol. The molecule has 0 aliphatic heterocycles. The molecule has 0 fully saturated rings. The Labute approximate surface area is 65.3 Å². The van der Waals surface area contributed by atoms with Crippen molar-refractivity contribution in [2.24, 2.45) is 0 Å². The van der Waals surface area contributed by atoms with Crippen LogP contribution in [0.15, 0.2) is 0 Å². The third-order valence-corrected chi connectivity index (χ3v) is 0. The molecule has 0 heterocycles. The van der Waals surface area contributed by atoms with Crippen LogP contribution in [0.3, 0.4) is 0 Å². The Bertz CT molecular complexity index is 128. The molecule has 0 saturated carbocycles. The van der Waals surface area contributed by atoms with Gasteiger partial charge in [-0.05, 0) is 0 Å². The van der Waals surface area contributed by atoms with Gasteiger partial charge in [-0.2, -0.15) is 0 Å². The summed E-state index contributed by atoms with van der Waals surface area (Å²) < 4.78 is 48.2. The summed E-state index contributed by atoms with van der Waals surface area (Å²) in [5, 5.41) is 0. The third-order valence-electron chi connectivity index (χ3n) is 0. The maximum Gasteiger partial charge on any atom is 2.00 e. The Morgan fingerprint density at radius 1 is 0.778 bits per heavy atom. The van der Waals surface area contributed by atoms with E-state index in [1.807, 2.05) is 0 Å². The molecule has 0 saturated heterocycles. The van der Waals surface area contributed by atoms with Gasteiger partial charge in [-0.1, -0.05) is 0 Å². The van der Waals surface area contributed by atoms with Gasteiger partial charge in [-0.3, -0.25) is 0 Å². The maximum atomic E-state index is 8.56. The summed E-state index contributed by atoms with van der Waals surface area (Å²) in [5.74, 6) is 0. The largest absolute Gasteiger partial charge is 2.00 e. The molecule has 1 radical (unpaired) electrons. The van der Waals surface area contributed by atoms with Crippen LogP contribution in [0, 0.1) is 0 Å². The van der Waals surface area contributed by atoms with Gasteiger partial charge in [0.05, 0.1) is 0 Å². The van der Waals surface area contributed by atoms with Crippen LogP contribution in [-0.4, -0.2) is 9.11 Å². The van der Waals surface area contributed by atoms with E-state index in [2.05, 4.69) is 0 Å². The summed E-state index contributed by atoms with van der Waals surface area (Å²) in [7, 11) is -5.72. The molecule has 0 aromatic rings. The standard InChI is InChI=1S/Cu.2HO3S/c;2*1-4(2)3/h;2*(H,1,2,3)/q+2;2*-1. The summed E-state index contributed by atoms with van der Waals surface area (Å²) in [6.07, 6.45) is 0. The first kappa shape index (κ1) is 16.2. The van der Waals surface area contributed by atoms with E-state index in [4.69, 9.17) is 25.9 Å². The van der Waals surface area contributed by atoms with Crippen molar-refractivity contribution in [1.82, 2.24) is 0 Å².